The maximum absolute atomic E-state index is 10.1. The van der Waals surface area contributed by atoms with Gasteiger partial charge in [0.2, 0.25) is 0 Å². The predicted molar refractivity (Wildman–Crippen MR) is 93.6 cm³/mol. The van der Waals surface area contributed by atoms with Gasteiger partial charge in [-0.2, -0.15) is 11.8 Å². The van der Waals surface area contributed by atoms with E-state index in [1.54, 1.807) is 11.8 Å². The van der Waals surface area contributed by atoms with Crippen LogP contribution in [0.1, 0.15) is 12.0 Å². The van der Waals surface area contributed by atoms with Crippen LogP contribution >= 0.6 is 35.7 Å². The lowest BCUT2D eigenvalue weighted by molar-refractivity contribution is 0.0780. The molecule has 1 saturated heterocycles. The van der Waals surface area contributed by atoms with Crippen LogP contribution in [-0.4, -0.2) is 34.7 Å². The number of thioether (sulfide) groups is 1. The number of nitrogens with two attached hydrogens (primary N) is 1. The van der Waals surface area contributed by atoms with Crippen LogP contribution in [0, 0.1) is 6.92 Å². The summed E-state index contributed by atoms with van der Waals surface area (Å²) in [5.74, 6) is 2.09. The second-order valence-electron chi connectivity index (χ2n) is 4.72. The highest BCUT2D eigenvalue weighted by Crippen LogP contribution is 2.27. The van der Waals surface area contributed by atoms with Gasteiger partial charge < -0.3 is 16.2 Å². The lowest BCUT2D eigenvalue weighted by Gasteiger charge is -2.18. The molecule has 0 radical (unpaired) electrons. The van der Waals surface area contributed by atoms with E-state index in [1.165, 1.54) is 5.56 Å². The molecule has 1 fully saturated rings. The van der Waals surface area contributed by atoms with E-state index in [2.05, 4.69) is 10.3 Å². The van der Waals surface area contributed by atoms with Gasteiger partial charge in [-0.1, -0.05) is 17.7 Å². The van der Waals surface area contributed by atoms with Crippen molar-refractivity contribution < 1.29 is 5.11 Å². The maximum Gasteiger partial charge on any atom is 0.193 e. The lowest BCUT2D eigenvalue weighted by Crippen LogP contribution is -2.34. The summed E-state index contributed by atoms with van der Waals surface area (Å²) in [5.41, 5.74) is 7.24. The average molecular weight is 393 g/mol. The van der Waals surface area contributed by atoms with Crippen molar-refractivity contribution in [2.45, 2.75) is 18.9 Å². The Labute approximate surface area is 135 Å². The van der Waals surface area contributed by atoms with Gasteiger partial charge in [0, 0.05) is 11.4 Å². The number of hydrogen-bond donors (Lipinski definition) is 3. The number of aliphatic hydroxyl groups is 1. The topological polar surface area (TPSA) is 70.6 Å². The fourth-order valence-electron chi connectivity index (χ4n) is 1.78. The molecule has 4 N–H and O–H groups in total. The number of anilines is 1. The third-order valence-corrected chi connectivity index (χ3v) is 4.18. The number of halogens is 1. The molecule has 1 aromatic rings. The van der Waals surface area contributed by atoms with E-state index in [1.807, 2.05) is 31.2 Å². The summed E-state index contributed by atoms with van der Waals surface area (Å²) in [5, 5.41) is 13.2. The normalized spacial score (nSPS) is 22.9. The van der Waals surface area contributed by atoms with Crippen molar-refractivity contribution in [1.82, 2.24) is 0 Å². The average Bonchev–Trinajstić information content (AvgIpc) is 2.78. The van der Waals surface area contributed by atoms with E-state index >= 15 is 0 Å². The number of nitrogens with one attached hydrogen (secondary N) is 1. The number of aliphatic imine (C=N–C) groups is 1. The Morgan fingerprint density at radius 3 is 2.74 bits per heavy atom. The first-order valence-corrected chi connectivity index (χ1v) is 7.17. The highest BCUT2D eigenvalue weighted by Gasteiger charge is 2.31. The Hall–Kier alpha value is -0.470. The Morgan fingerprint density at radius 2 is 2.16 bits per heavy atom. The van der Waals surface area contributed by atoms with Crippen LogP contribution in [0.5, 0.6) is 0 Å². The minimum Gasteiger partial charge on any atom is -0.387 e. The van der Waals surface area contributed by atoms with E-state index in [-0.39, 0.29) is 24.0 Å². The quantitative estimate of drug-likeness (QED) is 0.419. The number of benzene rings is 1. The molecule has 1 aromatic carbocycles. The summed E-state index contributed by atoms with van der Waals surface area (Å²) in [6, 6.07) is 7.93. The molecule has 1 unspecified atom stereocenters. The monoisotopic (exact) mass is 393 g/mol. The van der Waals surface area contributed by atoms with E-state index in [9.17, 15) is 5.11 Å². The van der Waals surface area contributed by atoms with E-state index in [0.717, 1.165) is 23.6 Å². The number of nitrogens with zero attached hydrogens (tertiary/aromatic N) is 1. The van der Waals surface area contributed by atoms with Crippen molar-refractivity contribution >= 4 is 47.4 Å². The molecule has 0 amide bonds. The molecule has 0 saturated carbocycles. The Bertz CT molecular complexity index is 430. The largest absolute Gasteiger partial charge is 0.387 e. The third-order valence-electron chi connectivity index (χ3n) is 2.95. The van der Waals surface area contributed by atoms with E-state index in [4.69, 9.17) is 5.73 Å². The van der Waals surface area contributed by atoms with Crippen molar-refractivity contribution in [1.29, 1.82) is 0 Å². The molecule has 0 aliphatic carbocycles. The first-order chi connectivity index (χ1) is 8.57. The first kappa shape index (κ1) is 16.6. The minimum absolute atomic E-state index is 0. The van der Waals surface area contributed by atoms with Crippen LogP contribution in [0.25, 0.3) is 0 Å². The summed E-state index contributed by atoms with van der Waals surface area (Å²) in [6.07, 6.45) is 0.791. The molecule has 4 nitrogen and oxygen atoms in total. The van der Waals surface area contributed by atoms with Gasteiger partial charge in [0.15, 0.2) is 5.96 Å². The van der Waals surface area contributed by atoms with Crippen LogP contribution in [0.15, 0.2) is 29.3 Å². The summed E-state index contributed by atoms with van der Waals surface area (Å²) in [4.78, 5) is 4.22. The van der Waals surface area contributed by atoms with Gasteiger partial charge in [-0.25, -0.2) is 0 Å². The lowest BCUT2D eigenvalue weighted by atomic mass is 10.1. The van der Waals surface area contributed by atoms with Crippen LogP contribution in [0.2, 0.25) is 0 Å². The minimum atomic E-state index is -0.676. The number of rotatable bonds is 3. The van der Waals surface area contributed by atoms with Crippen LogP contribution in [0.4, 0.5) is 5.69 Å². The van der Waals surface area contributed by atoms with Gasteiger partial charge in [-0.15, -0.1) is 24.0 Å². The summed E-state index contributed by atoms with van der Waals surface area (Å²) >= 11 is 1.76. The fraction of sp³-hybridized carbons (Fsp3) is 0.462. The maximum atomic E-state index is 10.1. The molecule has 1 atom stereocenters. The van der Waals surface area contributed by atoms with E-state index in [0.29, 0.717) is 12.5 Å². The zero-order valence-electron chi connectivity index (χ0n) is 10.9. The van der Waals surface area contributed by atoms with Crippen LogP contribution < -0.4 is 11.1 Å². The zero-order valence-corrected chi connectivity index (χ0v) is 14.1. The van der Waals surface area contributed by atoms with Gasteiger partial charge in [-0.3, -0.25) is 4.99 Å². The van der Waals surface area contributed by atoms with Gasteiger partial charge in [-0.05, 0) is 31.2 Å². The molecule has 106 valence electrons. The van der Waals surface area contributed by atoms with Gasteiger partial charge in [0.05, 0.1) is 12.1 Å². The molecule has 6 heteroatoms. The smallest absolute Gasteiger partial charge is 0.193 e. The molecule has 1 aliphatic heterocycles. The van der Waals surface area contributed by atoms with Gasteiger partial charge in [0.1, 0.15) is 0 Å². The molecule has 2 rings (SSSR count). The molecule has 19 heavy (non-hydrogen) atoms. The Kier molecular flexibility index (Phi) is 6.41. The summed E-state index contributed by atoms with van der Waals surface area (Å²) in [6.45, 7) is 2.40. The third kappa shape index (κ3) is 5.19. The molecule has 1 heterocycles. The number of aryl methyl sites for hydroxylation is 1. The molecule has 1 aliphatic rings. The van der Waals surface area contributed by atoms with Crippen molar-refractivity contribution in [3.63, 3.8) is 0 Å². The van der Waals surface area contributed by atoms with Crippen LogP contribution in [0.3, 0.4) is 0 Å². The summed E-state index contributed by atoms with van der Waals surface area (Å²) in [7, 11) is 0. The Balaban J connectivity index is 0.00000180. The van der Waals surface area contributed by atoms with E-state index < -0.39 is 5.60 Å². The molecule has 0 bridgehead atoms. The summed E-state index contributed by atoms with van der Waals surface area (Å²) < 4.78 is 0. The molecule has 0 spiro atoms. The Morgan fingerprint density at radius 1 is 1.47 bits per heavy atom. The van der Waals surface area contributed by atoms with Gasteiger partial charge >= 0.3 is 0 Å². The standard InChI is InChI=1S/C13H19N3OS.HI/c1-10-2-4-11(5-3-10)16-12(14)15-8-13(17)6-7-18-9-13;/h2-5,17H,6-9H2,1H3,(H3,14,15,16);1H. The van der Waals surface area contributed by atoms with Crippen molar-refractivity contribution in [3.05, 3.63) is 29.8 Å². The SMILES string of the molecule is Cc1ccc(NC(N)=NCC2(O)CCSC2)cc1.I. The van der Waals surface area contributed by atoms with Crippen molar-refractivity contribution in [2.75, 3.05) is 23.4 Å². The van der Waals surface area contributed by atoms with Crippen molar-refractivity contribution in [3.8, 4) is 0 Å². The molecular weight excluding hydrogens is 373 g/mol. The molecular formula is C13H20IN3OS. The number of guanidine groups is 1. The van der Waals surface area contributed by atoms with Crippen LogP contribution in [-0.2, 0) is 0 Å². The highest BCUT2D eigenvalue weighted by atomic mass is 127. The zero-order chi connectivity index (χ0) is 13.0. The predicted octanol–water partition coefficient (Wildman–Crippen LogP) is 2.21. The fourth-order valence-corrected chi connectivity index (χ4v) is 3.06. The molecule has 0 aromatic heterocycles. The van der Waals surface area contributed by atoms with Gasteiger partial charge in [0.25, 0.3) is 0 Å². The number of hydrogen-bond acceptors (Lipinski definition) is 3. The first-order valence-electron chi connectivity index (χ1n) is 6.01. The highest BCUT2D eigenvalue weighted by molar-refractivity contribution is 14.0. The van der Waals surface area contributed by atoms with Crippen molar-refractivity contribution in [2.24, 2.45) is 10.7 Å². The second kappa shape index (κ2) is 7.35. The second-order valence-corrected chi connectivity index (χ2v) is 5.82.